The number of amides is 1. The Morgan fingerprint density at radius 1 is 1.16 bits per heavy atom. The first-order valence-electron chi connectivity index (χ1n) is 10.6. The Hall–Kier alpha value is -3.52. The van der Waals surface area contributed by atoms with E-state index in [0.29, 0.717) is 23.1 Å². The molecular formula is C24H22N2O6. The zero-order chi connectivity index (χ0) is 22.6. The van der Waals surface area contributed by atoms with Crippen LogP contribution in [0, 0.1) is 24.0 Å². The molecular weight excluding hydrogens is 412 g/mol. The highest BCUT2D eigenvalue weighted by molar-refractivity contribution is 5.99. The van der Waals surface area contributed by atoms with Crippen LogP contribution < -0.4 is 5.43 Å². The van der Waals surface area contributed by atoms with Crippen LogP contribution >= 0.6 is 0 Å². The lowest BCUT2D eigenvalue weighted by Crippen LogP contribution is -2.36. The van der Waals surface area contributed by atoms with Crippen LogP contribution in [0.4, 0.5) is 5.69 Å². The highest BCUT2D eigenvalue weighted by atomic mass is 16.6. The van der Waals surface area contributed by atoms with Gasteiger partial charge in [0.05, 0.1) is 28.0 Å². The Labute approximate surface area is 183 Å². The number of carbonyl (C=O) groups excluding carboxylic acids is 1. The van der Waals surface area contributed by atoms with E-state index in [2.05, 4.69) is 0 Å². The average Bonchev–Trinajstić information content (AvgIpc) is 3.37. The Morgan fingerprint density at radius 3 is 2.66 bits per heavy atom. The van der Waals surface area contributed by atoms with Crippen LogP contribution in [0.25, 0.3) is 11.0 Å². The fourth-order valence-electron chi connectivity index (χ4n) is 4.63. The number of nitro benzene ring substituents is 1. The number of non-ortho nitro benzene ring substituents is 1. The van der Waals surface area contributed by atoms with Gasteiger partial charge in [-0.25, -0.2) is 0 Å². The van der Waals surface area contributed by atoms with Crippen molar-refractivity contribution in [2.45, 2.75) is 38.8 Å². The van der Waals surface area contributed by atoms with Crippen molar-refractivity contribution in [3.63, 3.8) is 0 Å². The second kappa shape index (κ2) is 7.56. The van der Waals surface area contributed by atoms with E-state index in [1.54, 1.807) is 29.2 Å². The number of fused-ring (bicyclic) bond motifs is 2. The summed E-state index contributed by atoms with van der Waals surface area (Å²) in [5.41, 5.74) is 2.60. The molecule has 2 unspecified atom stereocenters. The number of nitro groups is 1. The molecule has 0 saturated carbocycles. The number of benzene rings is 2. The number of hydrogen-bond acceptors (Lipinski definition) is 6. The highest BCUT2D eigenvalue weighted by Gasteiger charge is 2.44. The van der Waals surface area contributed by atoms with E-state index in [-0.39, 0.29) is 35.1 Å². The molecule has 2 aromatic carbocycles. The molecule has 3 heterocycles. The molecule has 5 rings (SSSR count). The van der Waals surface area contributed by atoms with Gasteiger partial charge in [-0.1, -0.05) is 12.1 Å². The van der Waals surface area contributed by atoms with Crippen LogP contribution in [-0.4, -0.2) is 35.0 Å². The molecule has 1 saturated heterocycles. The van der Waals surface area contributed by atoms with Gasteiger partial charge in [-0.2, -0.15) is 0 Å². The van der Waals surface area contributed by atoms with Gasteiger partial charge in [0.1, 0.15) is 5.58 Å². The lowest BCUT2D eigenvalue weighted by molar-refractivity contribution is -0.384. The molecule has 8 heteroatoms. The monoisotopic (exact) mass is 434 g/mol. The quantitative estimate of drug-likeness (QED) is 0.453. The predicted molar refractivity (Wildman–Crippen MR) is 117 cm³/mol. The molecule has 8 nitrogen and oxygen atoms in total. The van der Waals surface area contributed by atoms with Crippen molar-refractivity contribution in [3.05, 3.63) is 84.7 Å². The van der Waals surface area contributed by atoms with Gasteiger partial charge >= 0.3 is 0 Å². The maximum Gasteiger partial charge on any atom is 0.291 e. The van der Waals surface area contributed by atoms with Gasteiger partial charge in [0.15, 0.2) is 5.43 Å². The minimum atomic E-state index is -0.774. The molecule has 2 atom stereocenters. The van der Waals surface area contributed by atoms with Crippen LogP contribution in [0.2, 0.25) is 0 Å². The van der Waals surface area contributed by atoms with Crippen molar-refractivity contribution in [2.75, 3.05) is 13.2 Å². The second-order valence-corrected chi connectivity index (χ2v) is 8.45. The summed E-state index contributed by atoms with van der Waals surface area (Å²) in [4.78, 5) is 39.5. The molecule has 0 N–H and O–H groups in total. The van der Waals surface area contributed by atoms with Crippen LogP contribution in [0.15, 0.2) is 45.6 Å². The molecule has 1 fully saturated rings. The first-order valence-corrected chi connectivity index (χ1v) is 10.6. The lowest BCUT2D eigenvalue weighted by Gasteiger charge is -2.27. The number of aryl methyl sites for hydroxylation is 2. The predicted octanol–water partition coefficient (Wildman–Crippen LogP) is 4.04. The molecule has 32 heavy (non-hydrogen) atoms. The van der Waals surface area contributed by atoms with Gasteiger partial charge in [0.25, 0.3) is 11.6 Å². The van der Waals surface area contributed by atoms with Crippen LogP contribution in [-0.2, 0) is 4.74 Å². The molecule has 2 aliphatic heterocycles. The third-order valence-electron chi connectivity index (χ3n) is 6.40. The molecule has 1 aromatic heterocycles. The second-order valence-electron chi connectivity index (χ2n) is 8.45. The molecule has 164 valence electrons. The summed E-state index contributed by atoms with van der Waals surface area (Å²) in [7, 11) is 0. The Balaban J connectivity index is 1.73. The smallest absolute Gasteiger partial charge is 0.291 e. The molecule has 0 spiro atoms. The molecule has 0 radical (unpaired) electrons. The number of carbonyl (C=O) groups is 1. The summed E-state index contributed by atoms with van der Waals surface area (Å²) in [5.74, 6) is -0.399. The summed E-state index contributed by atoms with van der Waals surface area (Å²) >= 11 is 0. The molecule has 0 aliphatic carbocycles. The lowest BCUT2D eigenvalue weighted by atomic mass is 9.97. The van der Waals surface area contributed by atoms with Gasteiger partial charge in [-0.15, -0.1) is 0 Å². The van der Waals surface area contributed by atoms with Crippen molar-refractivity contribution >= 4 is 22.6 Å². The highest BCUT2D eigenvalue weighted by Crippen LogP contribution is 2.40. The fourth-order valence-corrected chi connectivity index (χ4v) is 4.63. The van der Waals surface area contributed by atoms with Crippen molar-refractivity contribution in [2.24, 2.45) is 0 Å². The van der Waals surface area contributed by atoms with Gasteiger partial charge in [-0.05, 0) is 55.5 Å². The van der Waals surface area contributed by atoms with E-state index < -0.39 is 16.9 Å². The topological polar surface area (TPSA) is 103 Å². The Bertz CT molecular complexity index is 1320. The van der Waals surface area contributed by atoms with Crippen molar-refractivity contribution < 1.29 is 18.9 Å². The molecule has 3 aromatic rings. The number of rotatable bonds is 4. The zero-order valence-corrected chi connectivity index (χ0v) is 17.8. The standard InChI is InChI=1S/C24H22N2O6/c1-13-9-18-19(10-14(13)2)32-23-20(22(18)27)21(15-5-3-6-16(11-15)26(29)30)25(24(23)28)12-17-7-4-8-31-17/h3,5-6,9-11,17,21H,4,7-8,12H2,1-2H3. The normalized spacial score (nSPS) is 20.2. The summed E-state index contributed by atoms with van der Waals surface area (Å²) in [6.07, 6.45) is 1.56. The average molecular weight is 434 g/mol. The minimum absolute atomic E-state index is 0.000237. The maximum atomic E-state index is 13.6. The molecule has 0 bridgehead atoms. The van der Waals surface area contributed by atoms with Crippen molar-refractivity contribution in [1.82, 2.24) is 4.90 Å². The Morgan fingerprint density at radius 2 is 1.94 bits per heavy atom. The molecule has 1 amide bonds. The van der Waals surface area contributed by atoms with Crippen molar-refractivity contribution in [3.8, 4) is 0 Å². The van der Waals surface area contributed by atoms with Gasteiger partial charge in [0, 0.05) is 25.3 Å². The Kier molecular flexibility index (Phi) is 4.82. The van der Waals surface area contributed by atoms with E-state index in [1.807, 2.05) is 13.8 Å². The fraction of sp³-hybridized carbons (Fsp3) is 0.333. The molecule has 2 aliphatic rings. The maximum absolute atomic E-state index is 13.6. The van der Waals surface area contributed by atoms with E-state index in [1.165, 1.54) is 12.1 Å². The first kappa shape index (κ1) is 20.4. The summed E-state index contributed by atoms with van der Waals surface area (Å²) < 4.78 is 11.7. The first-order chi connectivity index (χ1) is 15.3. The summed E-state index contributed by atoms with van der Waals surface area (Å²) in [6.45, 7) is 4.73. The van der Waals surface area contributed by atoms with Gasteiger partial charge < -0.3 is 14.1 Å². The zero-order valence-electron chi connectivity index (χ0n) is 17.8. The number of ether oxygens (including phenoxy) is 1. The van der Waals surface area contributed by atoms with Crippen molar-refractivity contribution in [1.29, 1.82) is 0 Å². The van der Waals surface area contributed by atoms with E-state index in [9.17, 15) is 19.7 Å². The summed E-state index contributed by atoms with van der Waals surface area (Å²) in [6, 6.07) is 8.84. The third-order valence-corrected chi connectivity index (χ3v) is 6.40. The van der Waals surface area contributed by atoms with Gasteiger partial charge in [-0.3, -0.25) is 19.7 Å². The number of hydrogen-bond donors (Lipinski definition) is 0. The summed E-state index contributed by atoms with van der Waals surface area (Å²) in [5, 5.41) is 11.8. The van der Waals surface area contributed by atoms with E-state index in [0.717, 1.165) is 24.0 Å². The van der Waals surface area contributed by atoms with Crippen LogP contribution in [0.3, 0.4) is 0 Å². The van der Waals surface area contributed by atoms with Crippen LogP contribution in [0.1, 0.15) is 51.7 Å². The van der Waals surface area contributed by atoms with E-state index in [4.69, 9.17) is 9.15 Å². The van der Waals surface area contributed by atoms with Gasteiger partial charge in [0.2, 0.25) is 5.76 Å². The largest absolute Gasteiger partial charge is 0.450 e. The number of nitrogens with zero attached hydrogens (tertiary/aromatic N) is 2. The van der Waals surface area contributed by atoms with E-state index >= 15 is 0 Å². The minimum Gasteiger partial charge on any atom is -0.450 e. The SMILES string of the molecule is Cc1cc2oc3c(c(=O)c2cc1C)C(c1cccc([N+](=O)[O-])c1)N(CC1CCCO1)C3=O. The van der Waals surface area contributed by atoms with Crippen LogP contribution in [0.5, 0.6) is 0 Å². The third kappa shape index (κ3) is 3.18.